The fourth-order valence-electron chi connectivity index (χ4n) is 2.18. The number of rotatable bonds is 4. The Hall–Kier alpha value is -1.96. The van der Waals surface area contributed by atoms with Crippen LogP contribution in [0.3, 0.4) is 0 Å². The lowest BCUT2D eigenvalue weighted by Crippen LogP contribution is -2.06. The van der Waals surface area contributed by atoms with Crippen LogP contribution in [0.4, 0.5) is 5.69 Å². The fourth-order valence-corrected chi connectivity index (χ4v) is 2.18. The third-order valence-electron chi connectivity index (χ3n) is 3.40. The molecule has 0 heterocycles. The van der Waals surface area contributed by atoms with Crippen LogP contribution in [0.15, 0.2) is 42.5 Å². The molecule has 0 saturated heterocycles. The molecule has 2 aromatic carbocycles. The summed E-state index contributed by atoms with van der Waals surface area (Å²) in [4.78, 5) is 0. The first kappa shape index (κ1) is 13.5. The van der Waals surface area contributed by atoms with Gasteiger partial charge in [-0.15, -0.1) is 0 Å². The number of anilines is 1. The van der Waals surface area contributed by atoms with Crippen molar-refractivity contribution in [2.75, 3.05) is 5.32 Å². The number of hydrogen-bond acceptors (Lipinski definition) is 2. The molecular weight excluding hydrogens is 234 g/mol. The highest BCUT2D eigenvalue weighted by atomic mass is 16.3. The first-order valence-electron chi connectivity index (χ1n) is 6.75. The minimum Gasteiger partial charge on any atom is -0.508 e. The largest absolute Gasteiger partial charge is 0.508 e. The van der Waals surface area contributed by atoms with Gasteiger partial charge in [0.05, 0.1) is 6.04 Å². The molecule has 0 aliphatic heterocycles. The SMILES string of the molecule is CCc1ccc(NC(C)c2ccc(C)cc2O)cc1. The van der Waals surface area contributed by atoms with Crippen molar-refractivity contribution in [3.05, 3.63) is 59.2 Å². The molecule has 0 aromatic heterocycles. The molecule has 2 nitrogen and oxygen atoms in total. The molecule has 1 atom stereocenters. The first-order chi connectivity index (χ1) is 9.10. The summed E-state index contributed by atoms with van der Waals surface area (Å²) in [5.74, 6) is 0.352. The van der Waals surface area contributed by atoms with E-state index in [-0.39, 0.29) is 6.04 Å². The second-order valence-electron chi connectivity index (χ2n) is 4.98. The van der Waals surface area contributed by atoms with Crippen LogP contribution in [0.5, 0.6) is 5.75 Å². The molecule has 19 heavy (non-hydrogen) atoms. The molecule has 100 valence electrons. The lowest BCUT2D eigenvalue weighted by molar-refractivity contribution is 0.465. The summed E-state index contributed by atoms with van der Waals surface area (Å²) in [5, 5.41) is 13.4. The van der Waals surface area contributed by atoms with Crippen molar-refractivity contribution in [3.63, 3.8) is 0 Å². The van der Waals surface area contributed by atoms with Crippen molar-refractivity contribution in [2.24, 2.45) is 0 Å². The van der Waals surface area contributed by atoms with E-state index < -0.39 is 0 Å². The van der Waals surface area contributed by atoms with Gasteiger partial charge in [-0.3, -0.25) is 0 Å². The third kappa shape index (κ3) is 3.28. The van der Waals surface area contributed by atoms with Crippen LogP contribution in [0, 0.1) is 6.92 Å². The molecule has 0 radical (unpaired) electrons. The van der Waals surface area contributed by atoms with E-state index in [0.717, 1.165) is 23.2 Å². The average Bonchev–Trinajstić information content (AvgIpc) is 2.39. The highest BCUT2D eigenvalue weighted by molar-refractivity contribution is 5.49. The van der Waals surface area contributed by atoms with Gasteiger partial charge in [-0.25, -0.2) is 0 Å². The van der Waals surface area contributed by atoms with Crippen molar-refractivity contribution < 1.29 is 5.11 Å². The molecule has 0 fully saturated rings. The molecule has 0 saturated carbocycles. The Morgan fingerprint density at radius 2 is 1.79 bits per heavy atom. The Bertz CT molecular complexity index is 546. The van der Waals surface area contributed by atoms with Crippen molar-refractivity contribution in [3.8, 4) is 5.75 Å². The topological polar surface area (TPSA) is 32.3 Å². The smallest absolute Gasteiger partial charge is 0.121 e. The molecule has 0 amide bonds. The zero-order valence-electron chi connectivity index (χ0n) is 11.8. The highest BCUT2D eigenvalue weighted by Crippen LogP contribution is 2.27. The van der Waals surface area contributed by atoms with E-state index in [4.69, 9.17) is 0 Å². The van der Waals surface area contributed by atoms with E-state index in [0.29, 0.717) is 5.75 Å². The molecular formula is C17H21NO. The number of phenols is 1. The molecule has 1 unspecified atom stereocenters. The Morgan fingerprint density at radius 1 is 1.11 bits per heavy atom. The number of aryl methyl sites for hydroxylation is 2. The predicted octanol–water partition coefficient (Wildman–Crippen LogP) is 4.44. The summed E-state index contributed by atoms with van der Waals surface area (Å²) in [5.41, 5.74) is 4.40. The molecule has 2 aromatic rings. The summed E-state index contributed by atoms with van der Waals surface area (Å²) >= 11 is 0. The monoisotopic (exact) mass is 255 g/mol. The second-order valence-corrected chi connectivity index (χ2v) is 4.98. The van der Waals surface area contributed by atoms with Crippen LogP contribution in [0.2, 0.25) is 0 Å². The van der Waals surface area contributed by atoms with Crippen LogP contribution in [-0.2, 0) is 6.42 Å². The third-order valence-corrected chi connectivity index (χ3v) is 3.40. The Kier molecular flexibility index (Phi) is 4.10. The van der Waals surface area contributed by atoms with Crippen LogP contribution >= 0.6 is 0 Å². The standard InChI is InChI=1S/C17H21NO/c1-4-14-6-8-15(9-7-14)18-13(3)16-10-5-12(2)11-17(16)19/h5-11,13,18-19H,4H2,1-3H3. The van der Waals surface area contributed by atoms with Gasteiger partial charge in [0.25, 0.3) is 0 Å². The van der Waals surface area contributed by atoms with Crippen LogP contribution in [0.1, 0.15) is 36.6 Å². The molecule has 0 aliphatic carbocycles. The van der Waals surface area contributed by atoms with Crippen molar-refractivity contribution in [1.82, 2.24) is 0 Å². The zero-order valence-corrected chi connectivity index (χ0v) is 11.8. The molecule has 2 N–H and O–H groups in total. The number of aromatic hydroxyl groups is 1. The quantitative estimate of drug-likeness (QED) is 0.846. The lowest BCUT2D eigenvalue weighted by Gasteiger charge is -2.17. The molecule has 0 aliphatic rings. The summed E-state index contributed by atoms with van der Waals surface area (Å²) in [6, 6.07) is 14.3. The van der Waals surface area contributed by atoms with E-state index >= 15 is 0 Å². The minimum absolute atomic E-state index is 0.0769. The fraction of sp³-hybridized carbons (Fsp3) is 0.294. The van der Waals surface area contributed by atoms with Gasteiger partial charge in [0.1, 0.15) is 5.75 Å². The number of benzene rings is 2. The van der Waals surface area contributed by atoms with E-state index in [1.165, 1.54) is 5.56 Å². The normalized spacial score (nSPS) is 12.2. The van der Waals surface area contributed by atoms with Crippen LogP contribution in [0.25, 0.3) is 0 Å². The van der Waals surface area contributed by atoms with E-state index in [1.807, 2.05) is 19.1 Å². The van der Waals surface area contributed by atoms with Gasteiger partial charge in [-0.2, -0.15) is 0 Å². The van der Waals surface area contributed by atoms with Gasteiger partial charge in [-0.05, 0) is 49.6 Å². The van der Waals surface area contributed by atoms with E-state index in [9.17, 15) is 5.11 Å². The maximum absolute atomic E-state index is 9.98. The second kappa shape index (κ2) is 5.79. The first-order valence-corrected chi connectivity index (χ1v) is 6.75. The number of nitrogens with one attached hydrogen (secondary N) is 1. The van der Waals surface area contributed by atoms with Crippen LogP contribution < -0.4 is 5.32 Å². The number of phenolic OH excluding ortho intramolecular Hbond substituents is 1. The highest BCUT2D eigenvalue weighted by Gasteiger charge is 2.10. The summed E-state index contributed by atoms with van der Waals surface area (Å²) in [7, 11) is 0. The summed E-state index contributed by atoms with van der Waals surface area (Å²) in [6.45, 7) is 6.18. The minimum atomic E-state index is 0.0769. The van der Waals surface area contributed by atoms with Gasteiger partial charge in [0.15, 0.2) is 0 Å². The molecule has 2 rings (SSSR count). The maximum atomic E-state index is 9.98. The zero-order chi connectivity index (χ0) is 13.8. The lowest BCUT2D eigenvalue weighted by atomic mass is 10.0. The summed E-state index contributed by atoms with van der Waals surface area (Å²) < 4.78 is 0. The van der Waals surface area contributed by atoms with Gasteiger partial charge in [-0.1, -0.05) is 31.2 Å². The van der Waals surface area contributed by atoms with Gasteiger partial charge in [0.2, 0.25) is 0 Å². The summed E-state index contributed by atoms with van der Waals surface area (Å²) in [6.07, 6.45) is 1.05. The average molecular weight is 255 g/mol. The van der Waals surface area contributed by atoms with Crippen molar-refractivity contribution in [2.45, 2.75) is 33.2 Å². The van der Waals surface area contributed by atoms with Crippen LogP contribution in [-0.4, -0.2) is 5.11 Å². The maximum Gasteiger partial charge on any atom is 0.121 e. The van der Waals surface area contributed by atoms with Crippen molar-refractivity contribution >= 4 is 5.69 Å². The Morgan fingerprint density at radius 3 is 2.37 bits per heavy atom. The Labute approximate surface area is 115 Å². The molecule has 0 bridgehead atoms. The predicted molar refractivity (Wildman–Crippen MR) is 80.7 cm³/mol. The van der Waals surface area contributed by atoms with Gasteiger partial charge in [0, 0.05) is 11.3 Å². The molecule has 0 spiro atoms. The number of hydrogen-bond donors (Lipinski definition) is 2. The van der Waals surface area contributed by atoms with Gasteiger partial charge < -0.3 is 10.4 Å². The van der Waals surface area contributed by atoms with Crippen molar-refractivity contribution in [1.29, 1.82) is 0 Å². The molecule has 2 heteroatoms. The van der Waals surface area contributed by atoms with E-state index in [2.05, 4.69) is 43.4 Å². The van der Waals surface area contributed by atoms with Gasteiger partial charge >= 0.3 is 0 Å². The van der Waals surface area contributed by atoms with E-state index in [1.54, 1.807) is 6.07 Å². The Balaban J connectivity index is 2.13.